The van der Waals surface area contributed by atoms with Crippen LogP contribution in [0.5, 0.6) is 0 Å². The van der Waals surface area contributed by atoms with E-state index in [1.165, 1.54) is 18.4 Å². The zero-order valence-electron chi connectivity index (χ0n) is 8.26. The van der Waals surface area contributed by atoms with Crippen molar-refractivity contribution in [1.82, 2.24) is 10.5 Å². The van der Waals surface area contributed by atoms with Gasteiger partial charge in [0, 0.05) is 11.6 Å². The van der Waals surface area contributed by atoms with Crippen molar-refractivity contribution in [2.45, 2.75) is 39.2 Å². The van der Waals surface area contributed by atoms with Gasteiger partial charge in [-0.25, -0.2) is 0 Å². The first-order chi connectivity index (χ1) is 6.33. The Morgan fingerprint density at radius 2 is 2.46 bits per heavy atom. The summed E-state index contributed by atoms with van der Waals surface area (Å²) in [5, 5.41) is 7.54. The molecular weight excluding hydrogens is 164 g/mol. The lowest BCUT2D eigenvalue weighted by atomic mass is 10.0. The van der Waals surface area contributed by atoms with Crippen LogP contribution in [0, 0.1) is 6.92 Å². The maximum absolute atomic E-state index is 5.21. The molecule has 72 valence electrons. The third-order valence-corrected chi connectivity index (χ3v) is 2.73. The van der Waals surface area contributed by atoms with E-state index in [0.717, 1.165) is 24.4 Å². The van der Waals surface area contributed by atoms with E-state index in [1.54, 1.807) is 0 Å². The second-order valence-electron chi connectivity index (χ2n) is 3.60. The minimum Gasteiger partial charge on any atom is -0.361 e. The van der Waals surface area contributed by atoms with Gasteiger partial charge in [0.1, 0.15) is 5.76 Å². The van der Waals surface area contributed by atoms with Crippen molar-refractivity contribution in [3.05, 3.63) is 17.0 Å². The van der Waals surface area contributed by atoms with Crippen LogP contribution in [0.3, 0.4) is 0 Å². The van der Waals surface area contributed by atoms with Gasteiger partial charge in [-0.15, -0.1) is 0 Å². The highest BCUT2D eigenvalue weighted by Gasteiger charge is 2.23. The highest BCUT2D eigenvalue weighted by atomic mass is 16.5. The largest absolute Gasteiger partial charge is 0.361 e. The molecule has 3 nitrogen and oxygen atoms in total. The summed E-state index contributed by atoms with van der Waals surface area (Å²) in [6, 6.07) is 0.487. The van der Waals surface area contributed by atoms with Gasteiger partial charge >= 0.3 is 0 Å². The third-order valence-electron chi connectivity index (χ3n) is 2.73. The fourth-order valence-corrected chi connectivity index (χ4v) is 2.06. The molecule has 1 aliphatic rings. The summed E-state index contributed by atoms with van der Waals surface area (Å²) >= 11 is 0. The average Bonchev–Trinajstić information content (AvgIpc) is 2.72. The van der Waals surface area contributed by atoms with Crippen molar-refractivity contribution in [1.29, 1.82) is 0 Å². The maximum atomic E-state index is 5.21. The standard InChI is InChI=1S/C10H16N2O/c1-3-8-10(7(2)13-12-8)9-5-4-6-11-9/h9,11H,3-6H2,1-2H3/t9-/m1/s1. The Kier molecular flexibility index (Phi) is 2.36. The first-order valence-corrected chi connectivity index (χ1v) is 5.01. The number of rotatable bonds is 2. The zero-order valence-corrected chi connectivity index (χ0v) is 8.26. The second-order valence-corrected chi connectivity index (χ2v) is 3.60. The predicted molar refractivity (Wildman–Crippen MR) is 50.6 cm³/mol. The second kappa shape index (κ2) is 3.50. The fraction of sp³-hybridized carbons (Fsp3) is 0.700. The van der Waals surface area contributed by atoms with Gasteiger partial charge in [-0.05, 0) is 32.7 Å². The summed E-state index contributed by atoms with van der Waals surface area (Å²) in [7, 11) is 0. The first-order valence-electron chi connectivity index (χ1n) is 5.01. The van der Waals surface area contributed by atoms with Gasteiger partial charge in [0.2, 0.25) is 0 Å². The Bertz CT molecular complexity index is 287. The van der Waals surface area contributed by atoms with Crippen LogP contribution < -0.4 is 5.32 Å². The Morgan fingerprint density at radius 1 is 1.62 bits per heavy atom. The molecule has 0 radical (unpaired) electrons. The smallest absolute Gasteiger partial charge is 0.138 e. The summed E-state index contributed by atoms with van der Waals surface area (Å²) in [5.74, 6) is 0.983. The summed E-state index contributed by atoms with van der Waals surface area (Å²) in [5.41, 5.74) is 2.43. The molecule has 0 amide bonds. The zero-order chi connectivity index (χ0) is 9.26. The van der Waals surface area contributed by atoms with Gasteiger partial charge < -0.3 is 9.84 Å². The normalized spacial score (nSPS) is 22.5. The molecule has 2 heterocycles. The molecule has 3 heteroatoms. The average molecular weight is 180 g/mol. The third kappa shape index (κ3) is 1.48. The summed E-state index contributed by atoms with van der Waals surface area (Å²) in [6.45, 7) is 5.25. The monoisotopic (exact) mass is 180 g/mol. The van der Waals surface area contributed by atoms with Crippen molar-refractivity contribution >= 4 is 0 Å². The Labute approximate surface area is 78.5 Å². The number of nitrogens with zero attached hydrogens (tertiary/aromatic N) is 1. The molecule has 0 unspecified atom stereocenters. The van der Waals surface area contributed by atoms with Crippen molar-refractivity contribution in [3.8, 4) is 0 Å². The van der Waals surface area contributed by atoms with Crippen molar-refractivity contribution in [2.24, 2.45) is 0 Å². The molecular formula is C10H16N2O. The van der Waals surface area contributed by atoms with Crippen LogP contribution in [0.15, 0.2) is 4.52 Å². The molecule has 2 rings (SSSR count). The number of hydrogen-bond acceptors (Lipinski definition) is 3. The molecule has 1 aliphatic heterocycles. The van der Waals surface area contributed by atoms with Gasteiger partial charge in [-0.1, -0.05) is 12.1 Å². The van der Waals surface area contributed by atoms with E-state index in [9.17, 15) is 0 Å². The van der Waals surface area contributed by atoms with Gasteiger partial charge in [0.25, 0.3) is 0 Å². The van der Waals surface area contributed by atoms with Crippen molar-refractivity contribution in [2.75, 3.05) is 6.54 Å². The van der Waals surface area contributed by atoms with Crippen LogP contribution in [-0.2, 0) is 6.42 Å². The summed E-state index contributed by atoms with van der Waals surface area (Å²) in [6.07, 6.45) is 3.44. The number of aromatic nitrogens is 1. The highest BCUT2D eigenvalue weighted by molar-refractivity contribution is 5.26. The van der Waals surface area contributed by atoms with Crippen LogP contribution in [0.4, 0.5) is 0 Å². The maximum Gasteiger partial charge on any atom is 0.138 e. The summed E-state index contributed by atoms with van der Waals surface area (Å²) in [4.78, 5) is 0. The van der Waals surface area contributed by atoms with Crippen LogP contribution in [-0.4, -0.2) is 11.7 Å². The predicted octanol–water partition coefficient (Wildman–Crippen LogP) is 1.97. The van der Waals surface area contributed by atoms with Crippen molar-refractivity contribution in [3.63, 3.8) is 0 Å². The summed E-state index contributed by atoms with van der Waals surface area (Å²) < 4.78 is 5.21. The lowest BCUT2D eigenvalue weighted by molar-refractivity contribution is 0.389. The molecule has 1 N–H and O–H groups in total. The van der Waals surface area contributed by atoms with E-state index in [2.05, 4.69) is 17.4 Å². The lowest BCUT2D eigenvalue weighted by Gasteiger charge is -2.09. The van der Waals surface area contributed by atoms with Gasteiger partial charge in [-0.3, -0.25) is 0 Å². The quantitative estimate of drug-likeness (QED) is 0.756. The van der Waals surface area contributed by atoms with Gasteiger partial charge in [0.05, 0.1) is 5.69 Å². The fourth-order valence-electron chi connectivity index (χ4n) is 2.06. The number of nitrogens with one attached hydrogen (secondary N) is 1. The Hall–Kier alpha value is -0.830. The van der Waals surface area contributed by atoms with E-state index in [0.29, 0.717) is 6.04 Å². The van der Waals surface area contributed by atoms with Gasteiger partial charge in [-0.2, -0.15) is 0 Å². The molecule has 0 saturated carbocycles. The molecule has 0 spiro atoms. The SMILES string of the molecule is CCc1noc(C)c1[C@H]1CCCN1. The molecule has 1 fully saturated rings. The molecule has 1 saturated heterocycles. The molecule has 1 atom stereocenters. The van der Waals surface area contributed by atoms with E-state index in [-0.39, 0.29) is 0 Å². The number of hydrogen-bond donors (Lipinski definition) is 1. The Balaban J connectivity index is 2.30. The molecule has 13 heavy (non-hydrogen) atoms. The van der Waals surface area contributed by atoms with Gasteiger partial charge in [0.15, 0.2) is 0 Å². The van der Waals surface area contributed by atoms with Crippen LogP contribution in [0.25, 0.3) is 0 Å². The molecule has 0 bridgehead atoms. The van der Waals surface area contributed by atoms with Crippen molar-refractivity contribution < 1.29 is 4.52 Å². The van der Waals surface area contributed by atoms with E-state index >= 15 is 0 Å². The van der Waals surface area contributed by atoms with E-state index < -0.39 is 0 Å². The van der Waals surface area contributed by atoms with E-state index in [4.69, 9.17) is 4.52 Å². The lowest BCUT2D eigenvalue weighted by Crippen LogP contribution is -2.14. The molecule has 0 aromatic carbocycles. The molecule has 1 aromatic heterocycles. The van der Waals surface area contributed by atoms with Crippen LogP contribution in [0.1, 0.15) is 42.8 Å². The first kappa shape index (κ1) is 8.75. The Morgan fingerprint density at radius 3 is 3.08 bits per heavy atom. The van der Waals surface area contributed by atoms with Crippen LogP contribution >= 0.6 is 0 Å². The minimum absolute atomic E-state index is 0.487. The minimum atomic E-state index is 0.487. The highest BCUT2D eigenvalue weighted by Crippen LogP contribution is 2.28. The number of aryl methyl sites for hydroxylation is 2. The molecule has 1 aromatic rings. The van der Waals surface area contributed by atoms with E-state index in [1.807, 2.05) is 6.92 Å². The van der Waals surface area contributed by atoms with Crippen LogP contribution in [0.2, 0.25) is 0 Å². The molecule has 0 aliphatic carbocycles. The topological polar surface area (TPSA) is 38.1 Å².